The number of carbonyl (C=O) groups excluding carboxylic acids is 1. The first-order chi connectivity index (χ1) is 8.56. The van der Waals surface area contributed by atoms with Crippen LogP contribution in [0.5, 0.6) is 0 Å². The summed E-state index contributed by atoms with van der Waals surface area (Å²) in [5, 5.41) is 6.28. The summed E-state index contributed by atoms with van der Waals surface area (Å²) in [7, 11) is 0. The molecule has 0 atom stereocenters. The van der Waals surface area contributed by atoms with E-state index in [0.29, 0.717) is 22.8 Å². The number of hydrogen-bond acceptors (Lipinski definition) is 4. The van der Waals surface area contributed by atoms with E-state index in [4.69, 9.17) is 4.52 Å². The van der Waals surface area contributed by atoms with Gasteiger partial charge in [-0.2, -0.15) is 4.98 Å². The van der Waals surface area contributed by atoms with Crippen LogP contribution in [0.3, 0.4) is 0 Å². The summed E-state index contributed by atoms with van der Waals surface area (Å²) in [6.45, 7) is 3.45. The van der Waals surface area contributed by atoms with Crippen LogP contribution in [-0.4, -0.2) is 16.0 Å². The molecule has 0 saturated heterocycles. The third kappa shape index (κ3) is 2.71. The molecular weight excluding hydrogens is 237 g/mol. The van der Waals surface area contributed by atoms with Crippen LogP contribution in [0.25, 0.3) is 0 Å². The SMILES string of the molecule is Cc1nc(CNC(=O)c2ccc(F)c(C)c2)no1. The quantitative estimate of drug-likeness (QED) is 0.899. The smallest absolute Gasteiger partial charge is 0.251 e. The molecular formula is C12H12FN3O2. The Hall–Kier alpha value is -2.24. The van der Waals surface area contributed by atoms with Crippen molar-refractivity contribution in [2.75, 3.05) is 0 Å². The van der Waals surface area contributed by atoms with E-state index in [1.54, 1.807) is 13.8 Å². The van der Waals surface area contributed by atoms with Gasteiger partial charge < -0.3 is 9.84 Å². The molecule has 0 saturated carbocycles. The van der Waals surface area contributed by atoms with Gasteiger partial charge in [0, 0.05) is 12.5 Å². The highest BCUT2D eigenvalue weighted by Crippen LogP contribution is 2.09. The zero-order valence-corrected chi connectivity index (χ0v) is 10.0. The molecule has 1 aromatic carbocycles. The van der Waals surface area contributed by atoms with Gasteiger partial charge in [0.1, 0.15) is 5.82 Å². The van der Waals surface area contributed by atoms with Gasteiger partial charge >= 0.3 is 0 Å². The Morgan fingerprint density at radius 3 is 2.83 bits per heavy atom. The third-order valence-electron chi connectivity index (χ3n) is 2.40. The Morgan fingerprint density at radius 2 is 2.22 bits per heavy atom. The molecule has 0 unspecified atom stereocenters. The van der Waals surface area contributed by atoms with Crippen molar-refractivity contribution in [3.63, 3.8) is 0 Å². The lowest BCUT2D eigenvalue weighted by atomic mass is 10.1. The number of nitrogens with zero attached hydrogens (tertiary/aromatic N) is 2. The molecule has 5 nitrogen and oxygen atoms in total. The fourth-order valence-electron chi connectivity index (χ4n) is 1.46. The Labute approximate surface area is 103 Å². The van der Waals surface area contributed by atoms with Crippen molar-refractivity contribution >= 4 is 5.91 Å². The van der Waals surface area contributed by atoms with Crippen LogP contribution in [-0.2, 0) is 6.54 Å². The highest BCUT2D eigenvalue weighted by molar-refractivity contribution is 5.94. The molecule has 0 radical (unpaired) electrons. The van der Waals surface area contributed by atoms with E-state index in [2.05, 4.69) is 15.5 Å². The van der Waals surface area contributed by atoms with Gasteiger partial charge in [0.15, 0.2) is 5.82 Å². The normalized spacial score (nSPS) is 10.4. The molecule has 2 rings (SSSR count). The van der Waals surface area contributed by atoms with Crippen molar-refractivity contribution in [3.8, 4) is 0 Å². The van der Waals surface area contributed by atoms with Gasteiger partial charge in [-0.05, 0) is 30.7 Å². The standard InChI is InChI=1S/C12H12FN3O2/c1-7-5-9(3-4-10(7)13)12(17)14-6-11-15-8(2)18-16-11/h3-5H,6H2,1-2H3,(H,14,17). The highest BCUT2D eigenvalue weighted by Gasteiger charge is 2.09. The van der Waals surface area contributed by atoms with Crippen molar-refractivity contribution in [3.05, 3.63) is 46.9 Å². The monoisotopic (exact) mass is 249 g/mol. The van der Waals surface area contributed by atoms with Crippen LogP contribution >= 0.6 is 0 Å². The molecule has 1 heterocycles. The Balaban J connectivity index is 2.01. The van der Waals surface area contributed by atoms with E-state index in [-0.39, 0.29) is 18.3 Å². The first-order valence-electron chi connectivity index (χ1n) is 5.40. The maximum Gasteiger partial charge on any atom is 0.251 e. The van der Waals surface area contributed by atoms with Crippen LogP contribution in [0.4, 0.5) is 4.39 Å². The molecule has 0 aliphatic heterocycles. The predicted octanol–water partition coefficient (Wildman–Crippen LogP) is 1.76. The van der Waals surface area contributed by atoms with Crippen LogP contribution in [0, 0.1) is 19.7 Å². The highest BCUT2D eigenvalue weighted by atomic mass is 19.1. The minimum Gasteiger partial charge on any atom is -0.345 e. The number of aryl methyl sites for hydroxylation is 2. The Bertz CT molecular complexity index is 580. The number of carbonyl (C=O) groups is 1. The predicted molar refractivity (Wildman–Crippen MR) is 61.3 cm³/mol. The molecule has 18 heavy (non-hydrogen) atoms. The molecule has 1 amide bonds. The minimum atomic E-state index is -0.333. The fourth-order valence-corrected chi connectivity index (χ4v) is 1.46. The Kier molecular flexibility index (Phi) is 3.36. The maximum atomic E-state index is 13.1. The number of halogens is 1. The maximum absolute atomic E-state index is 13.1. The molecule has 2 aromatic rings. The zero-order chi connectivity index (χ0) is 13.1. The average Bonchev–Trinajstić information content (AvgIpc) is 2.75. The van der Waals surface area contributed by atoms with Gasteiger partial charge in [-0.1, -0.05) is 5.16 Å². The first kappa shape index (κ1) is 12.2. The van der Waals surface area contributed by atoms with Crippen molar-refractivity contribution in [2.24, 2.45) is 0 Å². The molecule has 6 heteroatoms. The van der Waals surface area contributed by atoms with E-state index in [9.17, 15) is 9.18 Å². The van der Waals surface area contributed by atoms with E-state index in [1.165, 1.54) is 18.2 Å². The van der Waals surface area contributed by atoms with Gasteiger partial charge in [0.05, 0.1) is 6.54 Å². The summed E-state index contributed by atoms with van der Waals surface area (Å²) in [5.74, 6) is 0.206. The van der Waals surface area contributed by atoms with Crippen molar-refractivity contribution in [2.45, 2.75) is 20.4 Å². The molecule has 0 fully saturated rings. The zero-order valence-electron chi connectivity index (χ0n) is 10.0. The van der Waals surface area contributed by atoms with Gasteiger partial charge in [0.2, 0.25) is 5.89 Å². The molecule has 0 aliphatic carbocycles. The summed E-state index contributed by atoms with van der Waals surface area (Å²) in [6, 6.07) is 4.19. The molecule has 0 bridgehead atoms. The van der Waals surface area contributed by atoms with E-state index in [0.717, 1.165) is 0 Å². The molecule has 0 aliphatic rings. The molecule has 1 aromatic heterocycles. The van der Waals surface area contributed by atoms with Gasteiger partial charge in [-0.25, -0.2) is 4.39 Å². The minimum absolute atomic E-state index is 0.173. The second-order valence-electron chi connectivity index (χ2n) is 3.88. The van der Waals surface area contributed by atoms with Gasteiger partial charge in [-0.15, -0.1) is 0 Å². The number of nitrogens with one attached hydrogen (secondary N) is 1. The van der Waals surface area contributed by atoms with Crippen molar-refractivity contribution in [1.82, 2.24) is 15.5 Å². The first-order valence-corrected chi connectivity index (χ1v) is 5.40. The molecule has 1 N–H and O–H groups in total. The summed E-state index contributed by atoms with van der Waals surface area (Å²) >= 11 is 0. The van der Waals surface area contributed by atoms with E-state index < -0.39 is 0 Å². The van der Waals surface area contributed by atoms with Gasteiger partial charge in [0.25, 0.3) is 5.91 Å². The Morgan fingerprint density at radius 1 is 1.44 bits per heavy atom. The number of benzene rings is 1. The second kappa shape index (κ2) is 4.95. The van der Waals surface area contributed by atoms with E-state index >= 15 is 0 Å². The lowest BCUT2D eigenvalue weighted by Crippen LogP contribution is -2.23. The van der Waals surface area contributed by atoms with Crippen LogP contribution in [0.2, 0.25) is 0 Å². The third-order valence-corrected chi connectivity index (χ3v) is 2.40. The summed E-state index contributed by atoms with van der Waals surface area (Å²) < 4.78 is 17.8. The lowest BCUT2D eigenvalue weighted by Gasteiger charge is -2.04. The number of amides is 1. The largest absolute Gasteiger partial charge is 0.345 e. The van der Waals surface area contributed by atoms with Crippen LogP contribution < -0.4 is 5.32 Å². The molecule has 94 valence electrons. The topological polar surface area (TPSA) is 68.0 Å². The summed E-state index contributed by atoms with van der Waals surface area (Å²) in [6.07, 6.45) is 0. The van der Waals surface area contributed by atoms with Crippen molar-refractivity contribution < 1.29 is 13.7 Å². The molecule has 0 spiro atoms. The van der Waals surface area contributed by atoms with Crippen molar-refractivity contribution in [1.29, 1.82) is 0 Å². The number of rotatable bonds is 3. The number of hydrogen-bond donors (Lipinski definition) is 1. The van der Waals surface area contributed by atoms with Crippen LogP contribution in [0.15, 0.2) is 22.7 Å². The van der Waals surface area contributed by atoms with Gasteiger partial charge in [-0.3, -0.25) is 4.79 Å². The second-order valence-corrected chi connectivity index (χ2v) is 3.88. The average molecular weight is 249 g/mol. The fraction of sp³-hybridized carbons (Fsp3) is 0.250. The number of aromatic nitrogens is 2. The summed E-state index contributed by atoms with van der Waals surface area (Å²) in [4.78, 5) is 15.7. The van der Waals surface area contributed by atoms with E-state index in [1.807, 2.05) is 0 Å². The summed E-state index contributed by atoms with van der Waals surface area (Å²) in [5.41, 5.74) is 0.826. The lowest BCUT2D eigenvalue weighted by molar-refractivity contribution is 0.0949. The van der Waals surface area contributed by atoms with Crippen LogP contribution in [0.1, 0.15) is 27.6 Å².